The smallest absolute Gasteiger partial charge is 0.186 e. The van der Waals surface area contributed by atoms with Gasteiger partial charge in [0.2, 0.25) is 0 Å². The minimum Gasteiger partial charge on any atom is -0.418 e. The van der Waals surface area contributed by atoms with Gasteiger partial charge in [0.25, 0.3) is 0 Å². The monoisotopic (exact) mass is 300 g/mol. The number of piperidine rings is 1. The highest BCUT2D eigenvalue weighted by molar-refractivity contribution is 6.71. The van der Waals surface area contributed by atoms with Gasteiger partial charge in [0.1, 0.15) is 0 Å². The zero-order valence-corrected chi connectivity index (χ0v) is 15.8. The van der Waals surface area contributed by atoms with E-state index in [0.717, 1.165) is 13.2 Å². The second-order valence-corrected chi connectivity index (χ2v) is 12.3. The van der Waals surface area contributed by atoms with Crippen molar-refractivity contribution in [2.45, 2.75) is 90.5 Å². The van der Waals surface area contributed by atoms with Crippen LogP contribution in [0.2, 0.25) is 19.1 Å². The Bertz CT molecular complexity index is 287. The van der Waals surface area contributed by atoms with Gasteiger partial charge in [-0.15, -0.1) is 0 Å². The molecule has 0 bridgehead atoms. The highest BCUT2D eigenvalue weighted by Gasteiger charge is 2.41. The van der Waals surface area contributed by atoms with E-state index in [9.17, 15) is 0 Å². The standard InChI is InChI=1S/C16H36N2OSi/c1-8-19-20(6,7)14-10-13-17-18-15(2,3)11-9-12-16(18,4)5/h17H,8-14H2,1-7H3. The first kappa shape index (κ1) is 18.1. The van der Waals surface area contributed by atoms with Crippen LogP contribution in [0.3, 0.4) is 0 Å². The van der Waals surface area contributed by atoms with Crippen LogP contribution < -0.4 is 5.43 Å². The molecule has 1 aliphatic rings. The van der Waals surface area contributed by atoms with Crippen LogP contribution in [0.5, 0.6) is 0 Å². The molecule has 20 heavy (non-hydrogen) atoms. The van der Waals surface area contributed by atoms with Gasteiger partial charge in [-0.05, 0) is 79.4 Å². The summed E-state index contributed by atoms with van der Waals surface area (Å²) >= 11 is 0. The van der Waals surface area contributed by atoms with Crippen LogP contribution in [0.4, 0.5) is 0 Å². The van der Waals surface area contributed by atoms with Gasteiger partial charge in [-0.1, -0.05) is 0 Å². The van der Waals surface area contributed by atoms with Gasteiger partial charge in [-0.25, -0.2) is 5.01 Å². The van der Waals surface area contributed by atoms with Crippen LogP contribution >= 0.6 is 0 Å². The van der Waals surface area contributed by atoms with E-state index in [2.05, 4.69) is 58.1 Å². The lowest BCUT2D eigenvalue weighted by molar-refractivity contribution is -0.0698. The van der Waals surface area contributed by atoms with Crippen molar-refractivity contribution < 1.29 is 4.43 Å². The van der Waals surface area contributed by atoms with Gasteiger partial charge in [-0.2, -0.15) is 0 Å². The number of hydrogen-bond donors (Lipinski definition) is 1. The molecule has 0 aromatic carbocycles. The molecule has 4 heteroatoms. The number of hydrazine groups is 1. The first-order valence-electron chi connectivity index (χ1n) is 8.28. The molecule has 0 aliphatic carbocycles. The zero-order chi connectivity index (χ0) is 15.4. The molecule has 0 atom stereocenters. The van der Waals surface area contributed by atoms with Crippen molar-refractivity contribution in [2.75, 3.05) is 13.2 Å². The van der Waals surface area contributed by atoms with Crippen molar-refractivity contribution in [2.24, 2.45) is 0 Å². The lowest BCUT2D eigenvalue weighted by Crippen LogP contribution is -2.64. The summed E-state index contributed by atoms with van der Waals surface area (Å²) in [6.07, 6.45) is 5.11. The first-order chi connectivity index (χ1) is 9.11. The summed E-state index contributed by atoms with van der Waals surface area (Å²) < 4.78 is 5.90. The Kier molecular flexibility index (Phi) is 6.26. The third-order valence-electron chi connectivity index (χ3n) is 4.55. The highest BCUT2D eigenvalue weighted by Crippen LogP contribution is 2.36. The molecule has 1 aliphatic heterocycles. The summed E-state index contributed by atoms with van der Waals surface area (Å²) in [5.41, 5.74) is 4.23. The zero-order valence-electron chi connectivity index (χ0n) is 14.8. The minimum atomic E-state index is -1.42. The van der Waals surface area contributed by atoms with E-state index in [4.69, 9.17) is 4.43 Å². The molecular formula is C16H36N2OSi. The van der Waals surface area contributed by atoms with Crippen molar-refractivity contribution in [3.05, 3.63) is 0 Å². The van der Waals surface area contributed by atoms with E-state index < -0.39 is 8.32 Å². The molecule has 0 amide bonds. The molecule has 3 nitrogen and oxygen atoms in total. The molecule has 120 valence electrons. The van der Waals surface area contributed by atoms with Gasteiger partial charge < -0.3 is 4.43 Å². The quantitative estimate of drug-likeness (QED) is 0.564. The van der Waals surface area contributed by atoms with Crippen molar-refractivity contribution in [1.82, 2.24) is 10.4 Å². The summed E-state index contributed by atoms with van der Waals surface area (Å²) in [6.45, 7) is 18.1. The van der Waals surface area contributed by atoms with Gasteiger partial charge in [0, 0.05) is 24.2 Å². The largest absolute Gasteiger partial charge is 0.418 e. The Labute approximate surface area is 127 Å². The molecular weight excluding hydrogens is 264 g/mol. The van der Waals surface area contributed by atoms with E-state index >= 15 is 0 Å². The number of nitrogens with one attached hydrogen (secondary N) is 1. The van der Waals surface area contributed by atoms with Crippen LogP contribution in [-0.4, -0.2) is 37.6 Å². The van der Waals surface area contributed by atoms with Crippen LogP contribution in [-0.2, 0) is 4.43 Å². The SMILES string of the molecule is CCO[Si](C)(C)CCCNN1C(C)(C)CCCC1(C)C. The first-order valence-corrected chi connectivity index (χ1v) is 11.4. The van der Waals surface area contributed by atoms with Crippen LogP contribution in [0.25, 0.3) is 0 Å². The summed E-state index contributed by atoms with van der Waals surface area (Å²) in [5, 5.41) is 2.51. The predicted molar refractivity (Wildman–Crippen MR) is 90.4 cm³/mol. The van der Waals surface area contributed by atoms with Gasteiger partial charge in [0.15, 0.2) is 8.32 Å². The molecule has 1 saturated heterocycles. The van der Waals surface area contributed by atoms with Gasteiger partial charge in [0.05, 0.1) is 0 Å². The lowest BCUT2D eigenvalue weighted by atomic mass is 9.81. The van der Waals surface area contributed by atoms with Crippen molar-refractivity contribution in [3.8, 4) is 0 Å². The molecule has 1 fully saturated rings. The third-order valence-corrected chi connectivity index (χ3v) is 7.18. The van der Waals surface area contributed by atoms with Gasteiger partial charge in [-0.3, -0.25) is 5.43 Å². The van der Waals surface area contributed by atoms with Crippen LogP contribution in [0, 0.1) is 0 Å². The van der Waals surface area contributed by atoms with Crippen molar-refractivity contribution >= 4 is 8.32 Å². The molecule has 0 aromatic rings. The average Bonchev–Trinajstić information content (AvgIpc) is 2.25. The van der Waals surface area contributed by atoms with E-state index in [1.54, 1.807) is 0 Å². The summed E-state index contributed by atoms with van der Waals surface area (Å²) in [4.78, 5) is 0. The van der Waals surface area contributed by atoms with Crippen molar-refractivity contribution in [3.63, 3.8) is 0 Å². The Morgan fingerprint density at radius 1 is 1.10 bits per heavy atom. The number of nitrogens with zero attached hydrogens (tertiary/aromatic N) is 1. The van der Waals surface area contributed by atoms with E-state index in [0.29, 0.717) is 0 Å². The predicted octanol–water partition coefficient (Wildman–Crippen LogP) is 4.17. The summed E-state index contributed by atoms with van der Waals surface area (Å²) in [6, 6.07) is 1.24. The topological polar surface area (TPSA) is 24.5 Å². The van der Waals surface area contributed by atoms with E-state index in [1.807, 2.05) is 0 Å². The maximum atomic E-state index is 5.90. The normalized spacial score (nSPS) is 22.9. The molecule has 0 spiro atoms. The number of hydrogen-bond acceptors (Lipinski definition) is 3. The Balaban J connectivity index is 2.43. The Hall–Kier alpha value is 0.0969. The van der Waals surface area contributed by atoms with Gasteiger partial charge >= 0.3 is 0 Å². The summed E-state index contributed by atoms with van der Waals surface area (Å²) in [5.74, 6) is 0. The molecule has 0 radical (unpaired) electrons. The fourth-order valence-electron chi connectivity index (χ4n) is 3.59. The van der Waals surface area contributed by atoms with E-state index in [1.165, 1.54) is 31.7 Å². The van der Waals surface area contributed by atoms with Crippen LogP contribution in [0.1, 0.15) is 60.3 Å². The van der Waals surface area contributed by atoms with Crippen molar-refractivity contribution in [1.29, 1.82) is 0 Å². The second-order valence-electron chi connectivity index (χ2n) is 8.02. The number of rotatable bonds is 7. The molecule has 0 aromatic heterocycles. The Morgan fingerprint density at radius 2 is 1.65 bits per heavy atom. The average molecular weight is 301 g/mol. The summed E-state index contributed by atoms with van der Waals surface area (Å²) in [7, 11) is -1.42. The minimum absolute atomic E-state index is 0.259. The fourth-order valence-corrected chi connectivity index (χ4v) is 5.55. The molecule has 0 unspecified atom stereocenters. The maximum Gasteiger partial charge on any atom is 0.186 e. The molecule has 1 rings (SSSR count). The highest BCUT2D eigenvalue weighted by atomic mass is 28.4. The third kappa shape index (κ3) is 5.13. The molecule has 0 saturated carbocycles. The molecule has 1 heterocycles. The van der Waals surface area contributed by atoms with Crippen LogP contribution in [0.15, 0.2) is 0 Å². The second kappa shape index (κ2) is 6.90. The fraction of sp³-hybridized carbons (Fsp3) is 1.00. The lowest BCUT2D eigenvalue weighted by Gasteiger charge is -2.52. The molecule has 1 N–H and O–H groups in total. The van der Waals surface area contributed by atoms with E-state index in [-0.39, 0.29) is 11.1 Å². The Morgan fingerprint density at radius 3 is 2.15 bits per heavy atom. The maximum absolute atomic E-state index is 5.90.